The highest BCUT2D eigenvalue weighted by molar-refractivity contribution is 6.06. The molecule has 0 saturated carbocycles. The van der Waals surface area contributed by atoms with Crippen molar-refractivity contribution in [1.82, 2.24) is 9.97 Å². The maximum Gasteiger partial charge on any atom is 0.160 e. The van der Waals surface area contributed by atoms with Gasteiger partial charge >= 0.3 is 0 Å². The third-order valence-corrected chi connectivity index (χ3v) is 12.7. The molecule has 2 heteroatoms. The molecular weight excluding hydrogens is 737 g/mol. The van der Waals surface area contributed by atoms with Gasteiger partial charge in [0.05, 0.1) is 16.8 Å². The van der Waals surface area contributed by atoms with Gasteiger partial charge in [-0.15, -0.1) is 0 Å². The number of nitrogens with zero attached hydrogens (tertiary/aromatic N) is 2. The number of rotatable bonds is 6. The average molecular weight is 775 g/mol. The van der Waals surface area contributed by atoms with Gasteiger partial charge in [0.25, 0.3) is 0 Å². The first-order chi connectivity index (χ1) is 30.2. The topological polar surface area (TPSA) is 25.8 Å². The summed E-state index contributed by atoms with van der Waals surface area (Å²) < 4.78 is 0. The van der Waals surface area contributed by atoms with Crippen molar-refractivity contribution in [2.75, 3.05) is 0 Å². The van der Waals surface area contributed by atoms with Crippen molar-refractivity contribution in [3.8, 4) is 56.2 Å². The maximum atomic E-state index is 5.28. The Bertz CT molecular complexity index is 3420. The quantitative estimate of drug-likeness (QED) is 0.168. The molecule has 61 heavy (non-hydrogen) atoms. The lowest BCUT2D eigenvalue weighted by Crippen LogP contribution is -2.28. The van der Waals surface area contributed by atoms with Gasteiger partial charge in [-0.3, -0.25) is 0 Å². The molecule has 0 amide bonds. The van der Waals surface area contributed by atoms with Crippen LogP contribution in [0.25, 0.3) is 88.5 Å². The fourth-order valence-electron chi connectivity index (χ4n) is 10.0. The Morgan fingerprint density at radius 1 is 0.295 bits per heavy atom. The Labute approximate surface area is 355 Å². The first-order valence-corrected chi connectivity index (χ1v) is 21.0. The molecule has 1 heterocycles. The van der Waals surface area contributed by atoms with E-state index >= 15 is 0 Å². The monoisotopic (exact) mass is 774 g/mol. The fraction of sp³-hybridized carbons (Fsp3) is 0.0169. The molecule has 1 aromatic heterocycles. The van der Waals surface area contributed by atoms with E-state index in [0.29, 0.717) is 5.82 Å². The van der Waals surface area contributed by atoms with Crippen LogP contribution >= 0.6 is 0 Å². The van der Waals surface area contributed by atoms with E-state index in [-0.39, 0.29) is 0 Å². The predicted molar refractivity (Wildman–Crippen MR) is 254 cm³/mol. The molecule has 284 valence electrons. The minimum absolute atomic E-state index is 0.534. The van der Waals surface area contributed by atoms with Crippen LogP contribution in [0.3, 0.4) is 0 Å². The molecule has 11 aromatic rings. The molecule has 1 aliphatic rings. The molecule has 0 spiro atoms. The summed E-state index contributed by atoms with van der Waals surface area (Å²) in [6.45, 7) is 0. The lowest BCUT2D eigenvalue weighted by atomic mass is 9.66. The number of benzene rings is 10. The Morgan fingerprint density at radius 3 is 1.56 bits per heavy atom. The van der Waals surface area contributed by atoms with Crippen molar-refractivity contribution in [3.05, 3.63) is 253 Å². The molecule has 0 atom stereocenters. The summed E-state index contributed by atoms with van der Waals surface area (Å²) in [7, 11) is 0. The SMILES string of the molecule is c1ccc(-c2nc(-c3ccc4ccccc4c3)cc(-c3ccc(-c4ccc5c(c4)C(c4ccccc4)(c4ccccc4)c4c-5ccc5ccccc45)c4ccccc34)n2)cc1. The van der Waals surface area contributed by atoms with E-state index in [1.54, 1.807) is 0 Å². The van der Waals surface area contributed by atoms with Crippen molar-refractivity contribution in [2.45, 2.75) is 5.41 Å². The van der Waals surface area contributed by atoms with E-state index in [1.807, 2.05) is 18.2 Å². The normalized spacial score (nSPS) is 12.7. The van der Waals surface area contributed by atoms with Crippen LogP contribution in [0.4, 0.5) is 0 Å². The van der Waals surface area contributed by atoms with Gasteiger partial charge in [-0.2, -0.15) is 0 Å². The highest BCUT2D eigenvalue weighted by Crippen LogP contribution is 2.59. The van der Waals surface area contributed by atoms with Crippen LogP contribution in [-0.2, 0) is 5.41 Å². The summed E-state index contributed by atoms with van der Waals surface area (Å²) in [5.74, 6) is 0.707. The molecule has 0 fully saturated rings. The molecule has 12 rings (SSSR count). The second-order valence-corrected chi connectivity index (χ2v) is 16.0. The van der Waals surface area contributed by atoms with Gasteiger partial charge in [0, 0.05) is 16.7 Å². The summed E-state index contributed by atoms with van der Waals surface area (Å²) >= 11 is 0. The number of aromatic nitrogens is 2. The van der Waals surface area contributed by atoms with Gasteiger partial charge in [0.2, 0.25) is 0 Å². The largest absolute Gasteiger partial charge is 0.228 e. The van der Waals surface area contributed by atoms with Crippen molar-refractivity contribution in [3.63, 3.8) is 0 Å². The molecule has 2 nitrogen and oxygen atoms in total. The first kappa shape index (κ1) is 35.0. The van der Waals surface area contributed by atoms with Gasteiger partial charge in [-0.05, 0) is 95.0 Å². The highest BCUT2D eigenvalue weighted by Gasteiger charge is 2.47. The van der Waals surface area contributed by atoms with Crippen LogP contribution in [0.2, 0.25) is 0 Å². The van der Waals surface area contributed by atoms with Crippen LogP contribution < -0.4 is 0 Å². The van der Waals surface area contributed by atoms with Crippen LogP contribution in [0.5, 0.6) is 0 Å². The zero-order chi connectivity index (χ0) is 40.3. The van der Waals surface area contributed by atoms with Crippen LogP contribution in [0.1, 0.15) is 22.3 Å². The van der Waals surface area contributed by atoms with E-state index in [4.69, 9.17) is 9.97 Å². The molecular formula is C59H38N2. The van der Waals surface area contributed by atoms with E-state index in [2.05, 4.69) is 212 Å². The van der Waals surface area contributed by atoms with E-state index in [1.165, 1.54) is 71.4 Å². The van der Waals surface area contributed by atoms with Gasteiger partial charge in [0.15, 0.2) is 5.82 Å². The molecule has 0 radical (unpaired) electrons. The number of hydrogen-bond acceptors (Lipinski definition) is 2. The van der Waals surface area contributed by atoms with Crippen molar-refractivity contribution >= 4 is 32.3 Å². The van der Waals surface area contributed by atoms with Crippen LogP contribution in [-0.4, -0.2) is 9.97 Å². The lowest BCUT2D eigenvalue weighted by molar-refractivity contribution is 0.776. The number of fused-ring (bicyclic) bond motifs is 7. The molecule has 10 aromatic carbocycles. The van der Waals surface area contributed by atoms with Crippen molar-refractivity contribution in [1.29, 1.82) is 0 Å². The second-order valence-electron chi connectivity index (χ2n) is 16.0. The second kappa shape index (κ2) is 14.1. The zero-order valence-corrected chi connectivity index (χ0v) is 33.3. The van der Waals surface area contributed by atoms with Crippen LogP contribution in [0.15, 0.2) is 231 Å². The predicted octanol–water partition coefficient (Wildman–Crippen LogP) is 15.0. The average Bonchev–Trinajstić information content (AvgIpc) is 3.65. The minimum Gasteiger partial charge on any atom is -0.228 e. The Kier molecular flexibility index (Phi) is 8.11. The summed E-state index contributed by atoms with van der Waals surface area (Å²) in [5, 5.41) is 7.25. The Balaban J connectivity index is 1.07. The van der Waals surface area contributed by atoms with Gasteiger partial charge in [-0.1, -0.05) is 212 Å². The standard InChI is InChI=1S/C59H38N2/c1-4-18-41(19-5-1)58-60-55(44-29-28-39-16-10-11-20-42(39)36-44)38-56(61-58)52-35-34-47(49-26-14-15-27-50(49)52)43-31-32-51-53-33-30-40-17-12-13-25-48(40)57(53)59(54(51)37-43,45-21-6-2-7-22-45)46-23-8-3-9-24-46/h1-38H. The third-order valence-electron chi connectivity index (χ3n) is 12.7. The van der Waals surface area contributed by atoms with E-state index < -0.39 is 5.41 Å². The number of hydrogen-bond donors (Lipinski definition) is 0. The summed E-state index contributed by atoms with van der Waals surface area (Å²) in [4.78, 5) is 10.5. The molecule has 0 bridgehead atoms. The third kappa shape index (κ3) is 5.57. The highest BCUT2D eigenvalue weighted by atomic mass is 14.9. The van der Waals surface area contributed by atoms with Crippen LogP contribution in [0, 0.1) is 0 Å². The van der Waals surface area contributed by atoms with Crippen molar-refractivity contribution < 1.29 is 0 Å². The zero-order valence-electron chi connectivity index (χ0n) is 33.3. The molecule has 0 N–H and O–H groups in total. The summed E-state index contributed by atoms with van der Waals surface area (Å²) in [6.07, 6.45) is 0. The summed E-state index contributed by atoms with van der Waals surface area (Å²) in [5.41, 5.74) is 14.5. The maximum absolute atomic E-state index is 5.28. The lowest BCUT2D eigenvalue weighted by Gasteiger charge is -2.35. The van der Waals surface area contributed by atoms with E-state index in [9.17, 15) is 0 Å². The Morgan fingerprint density at radius 2 is 0.820 bits per heavy atom. The Hall–Kier alpha value is -7.94. The molecule has 0 aliphatic heterocycles. The first-order valence-electron chi connectivity index (χ1n) is 21.0. The van der Waals surface area contributed by atoms with Gasteiger partial charge in [0.1, 0.15) is 0 Å². The van der Waals surface area contributed by atoms with E-state index in [0.717, 1.165) is 33.5 Å². The molecule has 0 saturated heterocycles. The van der Waals surface area contributed by atoms with Crippen molar-refractivity contribution in [2.24, 2.45) is 0 Å². The smallest absolute Gasteiger partial charge is 0.160 e. The van der Waals surface area contributed by atoms with Gasteiger partial charge < -0.3 is 0 Å². The fourth-order valence-corrected chi connectivity index (χ4v) is 10.0. The summed E-state index contributed by atoms with van der Waals surface area (Å²) in [6, 6.07) is 83.7. The van der Waals surface area contributed by atoms with Gasteiger partial charge in [-0.25, -0.2) is 9.97 Å². The molecule has 1 aliphatic carbocycles. The molecule has 0 unspecified atom stereocenters. The minimum atomic E-state index is -0.534.